The van der Waals surface area contributed by atoms with Crippen LogP contribution in [-0.2, 0) is 4.74 Å². The molecule has 1 aromatic rings. The van der Waals surface area contributed by atoms with E-state index in [0.29, 0.717) is 30.3 Å². The lowest BCUT2D eigenvalue weighted by Crippen LogP contribution is -2.55. The van der Waals surface area contributed by atoms with Gasteiger partial charge >= 0.3 is 0 Å². The maximum atomic E-state index is 13.9. The lowest BCUT2D eigenvalue weighted by molar-refractivity contribution is -0.127. The van der Waals surface area contributed by atoms with Crippen molar-refractivity contribution in [1.82, 2.24) is 5.32 Å². The molecule has 17 heavy (non-hydrogen) atoms. The molecule has 1 saturated heterocycles. The molecule has 1 aromatic carbocycles. The minimum atomic E-state index is -0.270. The van der Waals surface area contributed by atoms with Gasteiger partial charge in [-0.2, -0.15) is 0 Å². The first kappa shape index (κ1) is 12.8. The Bertz CT molecular complexity index is 404. The molecule has 0 aromatic heterocycles. The monoisotopic (exact) mass is 258 g/mol. The SMILES string of the molecule is CNC(c1cc(Cl)ccc1F)C1(CN)COC1. The molecule has 1 atom stereocenters. The summed E-state index contributed by atoms with van der Waals surface area (Å²) in [5, 5.41) is 3.64. The molecular formula is C12H16ClFN2O. The molecule has 0 bridgehead atoms. The number of halogens is 2. The zero-order chi connectivity index (χ0) is 12.5. The topological polar surface area (TPSA) is 47.3 Å². The molecule has 1 aliphatic rings. The van der Waals surface area contributed by atoms with E-state index < -0.39 is 0 Å². The second-order valence-electron chi connectivity index (χ2n) is 4.45. The maximum absolute atomic E-state index is 13.9. The Morgan fingerprint density at radius 2 is 2.29 bits per heavy atom. The molecule has 3 N–H and O–H groups in total. The molecule has 5 heteroatoms. The molecule has 0 saturated carbocycles. The predicted molar refractivity (Wildman–Crippen MR) is 65.5 cm³/mol. The third kappa shape index (κ3) is 2.18. The number of nitrogens with one attached hydrogen (secondary N) is 1. The third-order valence-corrected chi connectivity index (χ3v) is 3.59. The third-order valence-electron chi connectivity index (χ3n) is 3.36. The first-order chi connectivity index (χ1) is 8.13. The average Bonchev–Trinajstić information content (AvgIpc) is 2.27. The molecule has 2 rings (SSSR count). The van der Waals surface area contributed by atoms with Crippen molar-refractivity contribution < 1.29 is 9.13 Å². The van der Waals surface area contributed by atoms with Crippen molar-refractivity contribution in [2.75, 3.05) is 26.8 Å². The number of ether oxygens (including phenoxy) is 1. The van der Waals surface area contributed by atoms with Crippen LogP contribution in [0.3, 0.4) is 0 Å². The lowest BCUT2D eigenvalue weighted by Gasteiger charge is -2.46. The van der Waals surface area contributed by atoms with Gasteiger partial charge in [-0.05, 0) is 25.2 Å². The van der Waals surface area contributed by atoms with E-state index in [1.54, 1.807) is 19.2 Å². The normalized spacial score (nSPS) is 19.8. The first-order valence-electron chi connectivity index (χ1n) is 5.53. The van der Waals surface area contributed by atoms with E-state index >= 15 is 0 Å². The molecule has 94 valence electrons. The van der Waals surface area contributed by atoms with Crippen LogP contribution in [0.2, 0.25) is 5.02 Å². The Labute approximate surface area is 105 Å². The van der Waals surface area contributed by atoms with Gasteiger partial charge in [0.25, 0.3) is 0 Å². The molecule has 1 aliphatic heterocycles. The number of nitrogens with two attached hydrogens (primary N) is 1. The standard InChI is InChI=1S/C12H16ClFN2O/c1-16-11(12(5-15)6-17-7-12)9-4-8(13)2-3-10(9)14/h2-4,11,16H,5-7,15H2,1H3. The lowest BCUT2D eigenvalue weighted by atomic mass is 9.75. The molecule has 3 nitrogen and oxygen atoms in total. The summed E-state index contributed by atoms with van der Waals surface area (Å²) in [6.07, 6.45) is 0. The Hall–Kier alpha value is -0.680. The van der Waals surface area contributed by atoms with E-state index in [9.17, 15) is 4.39 Å². The van der Waals surface area contributed by atoms with Gasteiger partial charge in [-0.3, -0.25) is 0 Å². The summed E-state index contributed by atoms with van der Waals surface area (Å²) in [6, 6.07) is 4.39. The van der Waals surface area contributed by atoms with Crippen LogP contribution < -0.4 is 11.1 Å². The van der Waals surface area contributed by atoms with Gasteiger partial charge in [0.05, 0.1) is 13.2 Å². The second kappa shape index (κ2) is 4.90. The molecule has 0 spiro atoms. The fourth-order valence-electron chi connectivity index (χ4n) is 2.29. The summed E-state index contributed by atoms with van der Waals surface area (Å²) < 4.78 is 19.1. The van der Waals surface area contributed by atoms with E-state index in [1.165, 1.54) is 6.07 Å². The molecule has 0 aliphatic carbocycles. The van der Waals surface area contributed by atoms with Crippen molar-refractivity contribution in [1.29, 1.82) is 0 Å². The summed E-state index contributed by atoms with van der Waals surface area (Å²) >= 11 is 5.92. The summed E-state index contributed by atoms with van der Waals surface area (Å²) in [5.74, 6) is -0.270. The number of hydrogen-bond acceptors (Lipinski definition) is 3. The minimum Gasteiger partial charge on any atom is -0.380 e. The summed E-state index contributed by atoms with van der Waals surface area (Å²) in [5.41, 5.74) is 6.11. The van der Waals surface area contributed by atoms with E-state index in [4.69, 9.17) is 22.1 Å². The van der Waals surface area contributed by atoms with Crippen LogP contribution >= 0.6 is 11.6 Å². The second-order valence-corrected chi connectivity index (χ2v) is 4.88. The van der Waals surface area contributed by atoms with Crippen LogP contribution in [0.25, 0.3) is 0 Å². The molecule has 0 amide bonds. The fraction of sp³-hybridized carbons (Fsp3) is 0.500. The van der Waals surface area contributed by atoms with Crippen molar-refractivity contribution in [3.63, 3.8) is 0 Å². The minimum absolute atomic E-state index is 0.181. The molecule has 1 unspecified atom stereocenters. The Morgan fingerprint density at radius 1 is 1.59 bits per heavy atom. The number of benzene rings is 1. The highest BCUT2D eigenvalue weighted by Crippen LogP contribution is 2.40. The van der Waals surface area contributed by atoms with Crippen LogP contribution in [-0.4, -0.2) is 26.8 Å². The highest BCUT2D eigenvalue weighted by molar-refractivity contribution is 6.30. The summed E-state index contributed by atoms with van der Waals surface area (Å²) in [6.45, 7) is 1.53. The van der Waals surface area contributed by atoms with Crippen molar-refractivity contribution >= 4 is 11.6 Å². The molecular weight excluding hydrogens is 243 g/mol. The highest BCUT2D eigenvalue weighted by atomic mass is 35.5. The van der Waals surface area contributed by atoms with Gasteiger partial charge in [0.1, 0.15) is 5.82 Å². The van der Waals surface area contributed by atoms with Crippen LogP contribution in [0.1, 0.15) is 11.6 Å². The van der Waals surface area contributed by atoms with Crippen molar-refractivity contribution in [2.24, 2.45) is 11.1 Å². The Balaban J connectivity index is 2.37. The van der Waals surface area contributed by atoms with Gasteiger partial charge in [-0.25, -0.2) is 4.39 Å². The van der Waals surface area contributed by atoms with Crippen LogP contribution in [0, 0.1) is 11.2 Å². The Morgan fingerprint density at radius 3 is 2.76 bits per heavy atom. The van der Waals surface area contributed by atoms with E-state index in [1.807, 2.05) is 0 Å². The molecule has 1 heterocycles. The van der Waals surface area contributed by atoms with Crippen LogP contribution in [0.15, 0.2) is 18.2 Å². The smallest absolute Gasteiger partial charge is 0.128 e. The predicted octanol–water partition coefficient (Wildman–Crippen LogP) is 1.71. The largest absolute Gasteiger partial charge is 0.380 e. The number of rotatable bonds is 4. The molecule has 1 fully saturated rings. The highest BCUT2D eigenvalue weighted by Gasteiger charge is 2.45. The van der Waals surface area contributed by atoms with E-state index in [0.717, 1.165) is 0 Å². The van der Waals surface area contributed by atoms with Crippen LogP contribution in [0.5, 0.6) is 0 Å². The van der Waals surface area contributed by atoms with E-state index in [2.05, 4.69) is 5.32 Å². The van der Waals surface area contributed by atoms with Crippen LogP contribution in [0.4, 0.5) is 4.39 Å². The van der Waals surface area contributed by atoms with Crippen molar-refractivity contribution in [3.05, 3.63) is 34.6 Å². The number of hydrogen-bond donors (Lipinski definition) is 2. The summed E-state index contributed by atoms with van der Waals surface area (Å²) in [7, 11) is 1.79. The van der Waals surface area contributed by atoms with Gasteiger partial charge < -0.3 is 15.8 Å². The maximum Gasteiger partial charge on any atom is 0.128 e. The Kier molecular flexibility index (Phi) is 3.68. The van der Waals surface area contributed by atoms with E-state index in [-0.39, 0.29) is 17.3 Å². The van der Waals surface area contributed by atoms with Gasteiger partial charge in [0.15, 0.2) is 0 Å². The van der Waals surface area contributed by atoms with Crippen molar-refractivity contribution in [3.8, 4) is 0 Å². The zero-order valence-corrected chi connectivity index (χ0v) is 10.4. The summed E-state index contributed by atoms with van der Waals surface area (Å²) in [4.78, 5) is 0. The van der Waals surface area contributed by atoms with Crippen molar-refractivity contribution in [2.45, 2.75) is 6.04 Å². The van der Waals surface area contributed by atoms with Gasteiger partial charge in [0.2, 0.25) is 0 Å². The van der Waals surface area contributed by atoms with Gasteiger partial charge in [-0.15, -0.1) is 0 Å². The van der Waals surface area contributed by atoms with Gasteiger partial charge in [0, 0.05) is 28.6 Å². The quantitative estimate of drug-likeness (QED) is 0.865. The first-order valence-corrected chi connectivity index (χ1v) is 5.91. The van der Waals surface area contributed by atoms with Gasteiger partial charge in [-0.1, -0.05) is 11.6 Å². The molecule has 0 radical (unpaired) electrons. The fourth-order valence-corrected chi connectivity index (χ4v) is 2.47. The average molecular weight is 259 g/mol. The zero-order valence-electron chi connectivity index (χ0n) is 9.67.